The first-order chi connectivity index (χ1) is 11.1. The van der Waals surface area contributed by atoms with Gasteiger partial charge in [-0.25, -0.2) is 5.43 Å². The molecule has 0 aromatic heterocycles. The quantitative estimate of drug-likeness (QED) is 0.634. The molecular weight excluding hydrogens is 296 g/mol. The maximum absolute atomic E-state index is 12.0. The van der Waals surface area contributed by atoms with Gasteiger partial charge in [0.2, 0.25) is 0 Å². The number of carbonyl (C=O) groups is 1. The molecule has 0 spiro atoms. The Morgan fingerprint density at radius 1 is 1.22 bits per heavy atom. The molecule has 2 aromatic rings. The molecule has 2 aromatic carbocycles. The second-order valence-corrected chi connectivity index (χ2v) is 4.58. The van der Waals surface area contributed by atoms with Gasteiger partial charge in [-0.3, -0.25) is 4.79 Å². The number of aromatic hydroxyl groups is 1. The topological polar surface area (TPSA) is 80.2 Å². The SMILES string of the molecule is CCOc1ccc(C(=O)N/N=C\c2cc(OC)ccc2O)cc1. The Morgan fingerprint density at radius 2 is 1.91 bits per heavy atom. The number of nitrogens with zero attached hydrogens (tertiary/aromatic N) is 1. The van der Waals surface area contributed by atoms with Crippen LogP contribution in [0.1, 0.15) is 22.8 Å². The van der Waals surface area contributed by atoms with Gasteiger partial charge in [0.15, 0.2) is 0 Å². The summed E-state index contributed by atoms with van der Waals surface area (Å²) in [4.78, 5) is 12.0. The molecule has 0 aliphatic carbocycles. The average Bonchev–Trinajstić information content (AvgIpc) is 2.57. The van der Waals surface area contributed by atoms with E-state index in [0.29, 0.717) is 29.2 Å². The third-order valence-corrected chi connectivity index (χ3v) is 3.03. The number of methoxy groups -OCH3 is 1. The van der Waals surface area contributed by atoms with Crippen LogP contribution in [0.5, 0.6) is 17.2 Å². The van der Waals surface area contributed by atoms with E-state index in [4.69, 9.17) is 9.47 Å². The molecule has 0 aliphatic heterocycles. The normalized spacial score (nSPS) is 10.5. The van der Waals surface area contributed by atoms with Crippen LogP contribution in [0.4, 0.5) is 0 Å². The van der Waals surface area contributed by atoms with Gasteiger partial charge in [0.05, 0.1) is 19.9 Å². The van der Waals surface area contributed by atoms with E-state index in [1.54, 1.807) is 36.4 Å². The first-order valence-electron chi connectivity index (χ1n) is 7.07. The summed E-state index contributed by atoms with van der Waals surface area (Å²) >= 11 is 0. The average molecular weight is 314 g/mol. The van der Waals surface area contributed by atoms with Crippen LogP contribution in [-0.2, 0) is 0 Å². The van der Waals surface area contributed by atoms with Crippen LogP contribution in [-0.4, -0.2) is 30.9 Å². The molecule has 23 heavy (non-hydrogen) atoms. The number of carbonyl (C=O) groups excluding carboxylic acids is 1. The smallest absolute Gasteiger partial charge is 0.271 e. The lowest BCUT2D eigenvalue weighted by Crippen LogP contribution is -2.17. The van der Waals surface area contributed by atoms with Crippen molar-refractivity contribution >= 4 is 12.1 Å². The van der Waals surface area contributed by atoms with E-state index in [9.17, 15) is 9.90 Å². The summed E-state index contributed by atoms with van der Waals surface area (Å²) in [7, 11) is 1.53. The molecule has 2 rings (SSSR count). The van der Waals surface area contributed by atoms with E-state index in [1.807, 2.05) is 6.92 Å². The molecule has 0 aliphatic rings. The minimum absolute atomic E-state index is 0.0462. The zero-order chi connectivity index (χ0) is 16.7. The van der Waals surface area contributed by atoms with E-state index in [2.05, 4.69) is 10.5 Å². The molecule has 6 heteroatoms. The van der Waals surface area contributed by atoms with Crippen molar-refractivity contribution in [1.29, 1.82) is 0 Å². The molecule has 0 heterocycles. The second kappa shape index (κ2) is 7.84. The molecule has 0 radical (unpaired) electrons. The Bertz CT molecular complexity index is 696. The summed E-state index contributed by atoms with van der Waals surface area (Å²) in [6.45, 7) is 2.46. The van der Waals surface area contributed by atoms with E-state index >= 15 is 0 Å². The van der Waals surface area contributed by atoms with Gasteiger partial charge in [0.25, 0.3) is 5.91 Å². The van der Waals surface area contributed by atoms with Gasteiger partial charge in [0, 0.05) is 11.1 Å². The number of hydrogen-bond donors (Lipinski definition) is 2. The Hall–Kier alpha value is -3.02. The van der Waals surface area contributed by atoms with Crippen LogP contribution in [0.2, 0.25) is 0 Å². The number of hydrogen-bond acceptors (Lipinski definition) is 5. The summed E-state index contributed by atoms with van der Waals surface area (Å²) in [5, 5.41) is 13.6. The van der Waals surface area contributed by atoms with Crippen molar-refractivity contribution in [3.63, 3.8) is 0 Å². The number of rotatable bonds is 6. The van der Waals surface area contributed by atoms with Crippen molar-refractivity contribution in [2.45, 2.75) is 6.92 Å². The first-order valence-corrected chi connectivity index (χ1v) is 7.07. The molecule has 0 fully saturated rings. The summed E-state index contributed by atoms with van der Waals surface area (Å²) in [6.07, 6.45) is 1.35. The van der Waals surface area contributed by atoms with Gasteiger partial charge in [-0.15, -0.1) is 0 Å². The van der Waals surface area contributed by atoms with Crippen molar-refractivity contribution in [1.82, 2.24) is 5.43 Å². The van der Waals surface area contributed by atoms with Crippen LogP contribution in [0, 0.1) is 0 Å². The molecule has 0 atom stereocenters. The Labute approximate surface area is 134 Å². The van der Waals surface area contributed by atoms with Crippen LogP contribution in [0.3, 0.4) is 0 Å². The van der Waals surface area contributed by atoms with Gasteiger partial charge in [0.1, 0.15) is 17.2 Å². The molecular formula is C17H18N2O4. The predicted octanol–water partition coefficient (Wildman–Crippen LogP) is 2.56. The second-order valence-electron chi connectivity index (χ2n) is 4.58. The largest absolute Gasteiger partial charge is 0.507 e. The molecule has 2 N–H and O–H groups in total. The van der Waals surface area contributed by atoms with Crippen LogP contribution >= 0.6 is 0 Å². The van der Waals surface area contributed by atoms with Crippen LogP contribution in [0.15, 0.2) is 47.6 Å². The van der Waals surface area contributed by atoms with Crippen molar-refractivity contribution in [3.05, 3.63) is 53.6 Å². The molecule has 0 bridgehead atoms. The highest BCUT2D eigenvalue weighted by atomic mass is 16.5. The summed E-state index contributed by atoms with van der Waals surface area (Å²) in [6, 6.07) is 11.5. The lowest BCUT2D eigenvalue weighted by molar-refractivity contribution is 0.0955. The highest BCUT2D eigenvalue weighted by molar-refractivity contribution is 5.95. The van der Waals surface area contributed by atoms with Crippen molar-refractivity contribution in [2.75, 3.05) is 13.7 Å². The fourth-order valence-corrected chi connectivity index (χ4v) is 1.86. The highest BCUT2D eigenvalue weighted by Gasteiger charge is 2.05. The molecule has 0 unspecified atom stereocenters. The minimum Gasteiger partial charge on any atom is -0.507 e. The molecule has 120 valence electrons. The van der Waals surface area contributed by atoms with Gasteiger partial charge in [-0.2, -0.15) is 5.10 Å². The van der Waals surface area contributed by atoms with E-state index in [1.165, 1.54) is 19.4 Å². The molecule has 6 nitrogen and oxygen atoms in total. The lowest BCUT2D eigenvalue weighted by Gasteiger charge is -2.04. The third-order valence-electron chi connectivity index (χ3n) is 3.03. The predicted molar refractivity (Wildman–Crippen MR) is 87.3 cm³/mol. The van der Waals surface area contributed by atoms with Gasteiger partial charge < -0.3 is 14.6 Å². The Kier molecular flexibility index (Phi) is 5.57. The summed E-state index contributed by atoms with van der Waals surface area (Å²) in [5.41, 5.74) is 3.30. The maximum atomic E-state index is 12.0. The standard InChI is InChI=1S/C17H18N2O4/c1-3-23-14-6-4-12(5-7-14)17(21)19-18-11-13-10-15(22-2)8-9-16(13)20/h4-11,20H,3H2,1-2H3,(H,19,21)/b18-11-. The number of phenolic OH excluding ortho intramolecular Hbond substituents is 1. The molecule has 1 amide bonds. The summed E-state index contributed by atoms with van der Waals surface area (Å²) in [5.74, 6) is 0.979. The first kappa shape index (κ1) is 16.4. The Morgan fingerprint density at radius 3 is 2.57 bits per heavy atom. The summed E-state index contributed by atoms with van der Waals surface area (Å²) < 4.78 is 10.4. The molecule has 0 saturated heterocycles. The fourth-order valence-electron chi connectivity index (χ4n) is 1.86. The van der Waals surface area contributed by atoms with Gasteiger partial charge >= 0.3 is 0 Å². The van der Waals surface area contributed by atoms with E-state index < -0.39 is 0 Å². The monoisotopic (exact) mass is 314 g/mol. The van der Waals surface area contributed by atoms with Crippen LogP contribution < -0.4 is 14.9 Å². The number of ether oxygens (including phenoxy) is 2. The minimum atomic E-state index is -0.355. The van der Waals surface area contributed by atoms with Crippen molar-refractivity contribution in [3.8, 4) is 17.2 Å². The fraction of sp³-hybridized carbons (Fsp3) is 0.176. The van der Waals surface area contributed by atoms with Crippen molar-refractivity contribution < 1.29 is 19.4 Å². The number of hydrazone groups is 1. The highest BCUT2D eigenvalue weighted by Crippen LogP contribution is 2.21. The van der Waals surface area contributed by atoms with Gasteiger partial charge in [-0.05, 0) is 49.4 Å². The van der Waals surface area contributed by atoms with Gasteiger partial charge in [-0.1, -0.05) is 0 Å². The van der Waals surface area contributed by atoms with Crippen LogP contribution in [0.25, 0.3) is 0 Å². The maximum Gasteiger partial charge on any atom is 0.271 e. The number of amides is 1. The number of phenols is 1. The Balaban J connectivity index is 2.00. The van der Waals surface area contributed by atoms with Crippen molar-refractivity contribution in [2.24, 2.45) is 5.10 Å². The van der Waals surface area contributed by atoms with E-state index in [-0.39, 0.29) is 11.7 Å². The number of benzene rings is 2. The zero-order valence-corrected chi connectivity index (χ0v) is 12.9. The third kappa shape index (κ3) is 4.47. The van der Waals surface area contributed by atoms with E-state index in [0.717, 1.165) is 0 Å². The molecule has 0 saturated carbocycles. The number of nitrogens with one attached hydrogen (secondary N) is 1. The lowest BCUT2D eigenvalue weighted by atomic mass is 10.2. The zero-order valence-electron chi connectivity index (χ0n) is 12.9.